The molecule has 2 aliphatic rings. The van der Waals surface area contributed by atoms with Crippen LogP contribution in [0.1, 0.15) is 25.3 Å². The Hall–Kier alpha value is -1.43. The minimum absolute atomic E-state index is 0.119. The summed E-state index contributed by atoms with van der Waals surface area (Å²) >= 11 is 0. The van der Waals surface area contributed by atoms with E-state index in [1.54, 1.807) is 0 Å². The molecule has 0 aromatic heterocycles. The first-order valence-electron chi connectivity index (χ1n) is 9.09. The molecule has 24 heavy (non-hydrogen) atoms. The molecule has 0 saturated carbocycles. The molecule has 0 aliphatic carbocycles. The fourth-order valence-electron chi connectivity index (χ4n) is 3.56. The highest BCUT2D eigenvalue weighted by Gasteiger charge is 2.25. The summed E-state index contributed by atoms with van der Waals surface area (Å²) in [5, 5.41) is 3.02. The molecule has 132 valence electrons. The van der Waals surface area contributed by atoms with Crippen molar-refractivity contribution in [2.24, 2.45) is 0 Å². The number of benzene rings is 1. The van der Waals surface area contributed by atoms with Crippen molar-refractivity contribution in [3.63, 3.8) is 0 Å². The van der Waals surface area contributed by atoms with Gasteiger partial charge in [0, 0.05) is 45.4 Å². The first-order chi connectivity index (χ1) is 11.7. The van der Waals surface area contributed by atoms with Gasteiger partial charge >= 0.3 is 0 Å². The summed E-state index contributed by atoms with van der Waals surface area (Å²) in [6.07, 6.45) is 2.39. The fourth-order valence-corrected chi connectivity index (χ4v) is 3.56. The lowest BCUT2D eigenvalue weighted by Crippen LogP contribution is -2.54. The summed E-state index contributed by atoms with van der Waals surface area (Å²) < 4.78 is 5.55. The van der Waals surface area contributed by atoms with Gasteiger partial charge in [-0.05, 0) is 25.3 Å². The Labute approximate surface area is 145 Å². The van der Waals surface area contributed by atoms with E-state index >= 15 is 0 Å². The van der Waals surface area contributed by atoms with Gasteiger partial charge in [0.2, 0.25) is 5.91 Å². The summed E-state index contributed by atoms with van der Waals surface area (Å²) in [5.41, 5.74) is 1.35. The largest absolute Gasteiger partial charge is 0.376 e. The van der Waals surface area contributed by atoms with Crippen molar-refractivity contribution in [3.05, 3.63) is 35.9 Å². The molecule has 1 N–H and O–H groups in total. The number of nitrogens with one attached hydrogen (secondary N) is 1. The first kappa shape index (κ1) is 17.4. The van der Waals surface area contributed by atoms with Crippen molar-refractivity contribution >= 4 is 5.91 Å². The van der Waals surface area contributed by atoms with Gasteiger partial charge in [0.15, 0.2) is 0 Å². The number of hydrogen-bond donors (Lipinski definition) is 1. The van der Waals surface area contributed by atoms with Crippen LogP contribution in [0.2, 0.25) is 0 Å². The maximum absolute atomic E-state index is 12.2. The van der Waals surface area contributed by atoms with Gasteiger partial charge in [0.25, 0.3) is 0 Å². The lowest BCUT2D eigenvalue weighted by atomic mass is 10.1. The predicted molar refractivity (Wildman–Crippen MR) is 94.7 cm³/mol. The third-order valence-electron chi connectivity index (χ3n) is 5.00. The molecule has 1 unspecified atom stereocenters. The van der Waals surface area contributed by atoms with Crippen molar-refractivity contribution in [2.75, 3.05) is 39.3 Å². The van der Waals surface area contributed by atoms with E-state index in [0.717, 1.165) is 45.6 Å². The zero-order valence-electron chi connectivity index (χ0n) is 14.6. The van der Waals surface area contributed by atoms with Crippen LogP contribution in [-0.2, 0) is 16.1 Å². The molecule has 5 nitrogen and oxygen atoms in total. The Morgan fingerprint density at radius 2 is 2.12 bits per heavy atom. The summed E-state index contributed by atoms with van der Waals surface area (Å²) in [5.74, 6) is 0.119. The molecule has 1 aromatic carbocycles. The number of ether oxygens (including phenoxy) is 1. The van der Waals surface area contributed by atoms with Crippen LogP contribution >= 0.6 is 0 Å². The summed E-state index contributed by atoms with van der Waals surface area (Å²) in [6, 6.07) is 11.0. The van der Waals surface area contributed by atoms with Crippen molar-refractivity contribution in [3.8, 4) is 0 Å². The van der Waals surface area contributed by atoms with Gasteiger partial charge in [-0.25, -0.2) is 0 Å². The van der Waals surface area contributed by atoms with Gasteiger partial charge in [0.1, 0.15) is 0 Å². The Balaban J connectivity index is 1.39. The molecule has 0 spiro atoms. The molecule has 2 aliphatic heterocycles. The van der Waals surface area contributed by atoms with Gasteiger partial charge < -0.3 is 10.1 Å². The quantitative estimate of drug-likeness (QED) is 0.858. The molecule has 1 amide bonds. The Morgan fingerprint density at radius 1 is 1.29 bits per heavy atom. The standard InChI is InChI=1S/C19H29N3O2/c1-16-13-21(14-17-6-3-2-4-7-17)9-10-22(16)15-19(23)20-12-18-8-5-11-24-18/h2-4,6-7,16,18H,5,8-15H2,1H3,(H,20,23)/t16-,18?/m1/s1. The zero-order valence-corrected chi connectivity index (χ0v) is 14.6. The van der Waals surface area contributed by atoms with E-state index in [9.17, 15) is 4.79 Å². The molecule has 0 radical (unpaired) electrons. The van der Waals surface area contributed by atoms with Crippen LogP contribution in [0, 0.1) is 0 Å². The van der Waals surface area contributed by atoms with E-state index in [4.69, 9.17) is 4.74 Å². The Bertz CT molecular complexity index is 517. The van der Waals surface area contributed by atoms with Crippen LogP contribution in [0.5, 0.6) is 0 Å². The smallest absolute Gasteiger partial charge is 0.234 e. The fraction of sp³-hybridized carbons (Fsp3) is 0.632. The third kappa shape index (κ3) is 5.03. The second-order valence-corrected chi connectivity index (χ2v) is 6.98. The maximum atomic E-state index is 12.2. The van der Waals surface area contributed by atoms with Crippen LogP contribution in [0.15, 0.2) is 30.3 Å². The number of piperazine rings is 1. The maximum Gasteiger partial charge on any atom is 0.234 e. The lowest BCUT2D eigenvalue weighted by molar-refractivity contribution is -0.123. The monoisotopic (exact) mass is 331 g/mol. The van der Waals surface area contributed by atoms with E-state index in [1.807, 2.05) is 0 Å². The molecule has 2 saturated heterocycles. The highest BCUT2D eigenvalue weighted by atomic mass is 16.5. The molecule has 1 aromatic rings. The summed E-state index contributed by atoms with van der Waals surface area (Å²) in [4.78, 5) is 16.9. The van der Waals surface area contributed by atoms with Crippen LogP contribution in [0.25, 0.3) is 0 Å². The minimum Gasteiger partial charge on any atom is -0.376 e. The van der Waals surface area contributed by atoms with Crippen LogP contribution in [0.3, 0.4) is 0 Å². The molecule has 2 heterocycles. The lowest BCUT2D eigenvalue weighted by Gasteiger charge is -2.39. The van der Waals surface area contributed by atoms with E-state index in [0.29, 0.717) is 19.1 Å². The number of rotatable bonds is 6. The number of carbonyl (C=O) groups excluding carboxylic acids is 1. The number of amides is 1. The summed E-state index contributed by atoms with van der Waals surface area (Å²) in [6.45, 7) is 8.15. The predicted octanol–water partition coefficient (Wildman–Crippen LogP) is 1.49. The minimum atomic E-state index is 0.119. The van der Waals surface area contributed by atoms with Crippen LogP contribution < -0.4 is 5.32 Å². The van der Waals surface area contributed by atoms with Gasteiger partial charge in [-0.1, -0.05) is 30.3 Å². The number of nitrogens with zero attached hydrogens (tertiary/aromatic N) is 2. The second kappa shape index (κ2) is 8.60. The van der Waals surface area contributed by atoms with Crippen molar-refractivity contribution in [2.45, 2.75) is 38.5 Å². The molecule has 5 heteroatoms. The average molecular weight is 331 g/mol. The van der Waals surface area contributed by atoms with Crippen molar-refractivity contribution in [1.82, 2.24) is 15.1 Å². The van der Waals surface area contributed by atoms with Gasteiger partial charge in [0.05, 0.1) is 12.6 Å². The van der Waals surface area contributed by atoms with Crippen molar-refractivity contribution < 1.29 is 9.53 Å². The van der Waals surface area contributed by atoms with E-state index in [1.165, 1.54) is 5.56 Å². The normalized spacial score (nSPS) is 25.7. The Kier molecular flexibility index (Phi) is 6.24. The SMILES string of the molecule is C[C@@H]1CN(Cc2ccccc2)CCN1CC(=O)NCC1CCCO1. The summed E-state index contributed by atoms with van der Waals surface area (Å²) in [7, 11) is 0. The van der Waals surface area contributed by atoms with Crippen LogP contribution in [-0.4, -0.2) is 67.2 Å². The molecular formula is C19H29N3O2. The topological polar surface area (TPSA) is 44.8 Å². The molecule has 3 rings (SSSR count). The number of carbonyl (C=O) groups is 1. The van der Waals surface area contributed by atoms with E-state index in [-0.39, 0.29) is 12.0 Å². The molecule has 2 fully saturated rings. The molecule has 0 bridgehead atoms. The number of hydrogen-bond acceptors (Lipinski definition) is 4. The molecular weight excluding hydrogens is 302 g/mol. The van der Waals surface area contributed by atoms with Gasteiger partial charge in [-0.2, -0.15) is 0 Å². The van der Waals surface area contributed by atoms with E-state index in [2.05, 4.69) is 52.4 Å². The molecule has 2 atom stereocenters. The first-order valence-corrected chi connectivity index (χ1v) is 9.09. The average Bonchev–Trinajstić information content (AvgIpc) is 3.10. The van der Waals surface area contributed by atoms with Crippen LogP contribution in [0.4, 0.5) is 0 Å². The van der Waals surface area contributed by atoms with Gasteiger partial charge in [-0.3, -0.25) is 14.6 Å². The zero-order chi connectivity index (χ0) is 16.8. The highest BCUT2D eigenvalue weighted by molar-refractivity contribution is 5.78. The second-order valence-electron chi connectivity index (χ2n) is 6.98. The Morgan fingerprint density at radius 3 is 2.83 bits per heavy atom. The third-order valence-corrected chi connectivity index (χ3v) is 5.00. The van der Waals surface area contributed by atoms with Gasteiger partial charge in [-0.15, -0.1) is 0 Å². The highest BCUT2D eigenvalue weighted by Crippen LogP contribution is 2.13. The van der Waals surface area contributed by atoms with E-state index < -0.39 is 0 Å². The van der Waals surface area contributed by atoms with Crippen molar-refractivity contribution in [1.29, 1.82) is 0 Å².